The van der Waals surface area contributed by atoms with Crippen LogP contribution in [-0.2, 0) is 34.2 Å². The molecule has 2 aromatic heterocycles. The zero-order valence-electron chi connectivity index (χ0n) is 15.6. The van der Waals surface area contributed by atoms with Crippen molar-refractivity contribution < 1.29 is 22.7 Å². The number of halogens is 1. The van der Waals surface area contributed by atoms with Crippen molar-refractivity contribution in [3.8, 4) is 0 Å². The Labute approximate surface area is 166 Å². The van der Waals surface area contributed by atoms with Gasteiger partial charge in [0.25, 0.3) is 0 Å². The van der Waals surface area contributed by atoms with Gasteiger partial charge in [0.1, 0.15) is 18.7 Å². The van der Waals surface area contributed by atoms with Crippen molar-refractivity contribution in [1.29, 1.82) is 0 Å². The molecule has 0 saturated heterocycles. The van der Waals surface area contributed by atoms with E-state index < -0.39 is 21.8 Å². The molecule has 0 bridgehead atoms. The quantitative estimate of drug-likeness (QED) is 0.678. The van der Waals surface area contributed by atoms with Gasteiger partial charge in [0, 0.05) is 24.3 Å². The molecule has 1 aliphatic rings. The van der Waals surface area contributed by atoms with Crippen LogP contribution in [0.15, 0.2) is 41.7 Å². The largest absolute Gasteiger partial charge is 0.480 e. The molecule has 1 unspecified atom stereocenters. The Balaban J connectivity index is 1.70. The molecule has 1 aromatic carbocycles. The summed E-state index contributed by atoms with van der Waals surface area (Å²) < 4.78 is 42.1. The second kappa shape index (κ2) is 7.20. The van der Waals surface area contributed by atoms with Gasteiger partial charge in [-0.3, -0.25) is 4.79 Å². The van der Waals surface area contributed by atoms with Crippen LogP contribution in [0.25, 0.3) is 11.0 Å². The topological polar surface area (TPSA) is 105 Å². The number of likely N-dealkylation sites (N-methyl/N-ethyl adjacent to an activating group) is 1. The average molecular weight is 418 g/mol. The van der Waals surface area contributed by atoms with Gasteiger partial charge < -0.3 is 9.67 Å². The summed E-state index contributed by atoms with van der Waals surface area (Å²) in [4.78, 5) is 19.6. The maximum Gasteiger partial charge on any atom is 0.323 e. The molecule has 4 rings (SSSR count). The van der Waals surface area contributed by atoms with Gasteiger partial charge in [-0.05, 0) is 43.5 Å². The second-order valence-corrected chi connectivity index (χ2v) is 9.03. The molecule has 10 heteroatoms. The molecule has 0 amide bonds. The Kier molecular flexibility index (Phi) is 4.83. The van der Waals surface area contributed by atoms with E-state index in [-0.39, 0.29) is 17.5 Å². The van der Waals surface area contributed by atoms with Gasteiger partial charge in [0.05, 0.1) is 22.1 Å². The van der Waals surface area contributed by atoms with Crippen molar-refractivity contribution in [3.63, 3.8) is 0 Å². The third-order valence-corrected chi connectivity index (χ3v) is 7.32. The highest BCUT2D eigenvalue weighted by Crippen LogP contribution is 2.33. The molecule has 2 heterocycles. The van der Waals surface area contributed by atoms with E-state index in [9.17, 15) is 22.7 Å². The number of aliphatic carboxylic acids is 1. The van der Waals surface area contributed by atoms with E-state index in [0.717, 1.165) is 23.4 Å². The second-order valence-electron chi connectivity index (χ2n) is 7.03. The molecule has 29 heavy (non-hydrogen) atoms. The predicted octanol–water partition coefficient (Wildman–Crippen LogP) is 1.83. The fourth-order valence-corrected chi connectivity index (χ4v) is 5.32. The molecule has 1 N–H and O–H groups in total. The summed E-state index contributed by atoms with van der Waals surface area (Å²) in [5, 5.41) is 9.26. The summed E-state index contributed by atoms with van der Waals surface area (Å²) >= 11 is 0. The molecular formula is C19H19FN4O4S. The number of nitrogens with zero attached hydrogens (tertiary/aromatic N) is 4. The molecule has 152 valence electrons. The molecule has 8 nitrogen and oxygen atoms in total. The van der Waals surface area contributed by atoms with E-state index in [1.165, 1.54) is 29.8 Å². The Morgan fingerprint density at radius 2 is 2.07 bits per heavy atom. The summed E-state index contributed by atoms with van der Waals surface area (Å²) in [5.41, 5.74) is 2.98. The fraction of sp³-hybridized carbons (Fsp3) is 0.316. The number of carbonyl (C=O) groups is 1. The molecule has 1 atom stereocenters. The lowest BCUT2D eigenvalue weighted by molar-refractivity contribution is -0.137. The lowest BCUT2D eigenvalue weighted by Gasteiger charge is -2.31. The van der Waals surface area contributed by atoms with Crippen molar-refractivity contribution in [2.24, 2.45) is 0 Å². The van der Waals surface area contributed by atoms with Crippen LogP contribution in [0.2, 0.25) is 0 Å². The van der Waals surface area contributed by atoms with Gasteiger partial charge in [0.15, 0.2) is 0 Å². The van der Waals surface area contributed by atoms with Crippen molar-refractivity contribution in [2.75, 3.05) is 7.05 Å². The molecule has 0 saturated carbocycles. The van der Waals surface area contributed by atoms with E-state index in [0.29, 0.717) is 30.3 Å². The summed E-state index contributed by atoms with van der Waals surface area (Å²) in [6.45, 7) is -0.201. The van der Waals surface area contributed by atoms with E-state index >= 15 is 0 Å². The van der Waals surface area contributed by atoms with Crippen LogP contribution in [0.3, 0.4) is 0 Å². The van der Waals surface area contributed by atoms with Gasteiger partial charge in [-0.15, -0.1) is 0 Å². The third-order valence-electron chi connectivity index (χ3n) is 5.40. The number of rotatable bonds is 5. The van der Waals surface area contributed by atoms with Gasteiger partial charge in [0.2, 0.25) is 10.0 Å². The smallest absolute Gasteiger partial charge is 0.323 e. The minimum atomic E-state index is -3.79. The Morgan fingerprint density at radius 3 is 2.76 bits per heavy atom. The molecule has 0 radical (unpaired) electrons. The lowest BCUT2D eigenvalue weighted by Crippen LogP contribution is -2.40. The highest BCUT2D eigenvalue weighted by molar-refractivity contribution is 7.89. The Hall–Kier alpha value is -2.85. The maximum atomic E-state index is 13.2. The maximum absolute atomic E-state index is 13.2. The minimum absolute atomic E-state index is 0.0304. The number of aromatic nitrogens is 3. The first-order chi connectivity index (χ1) is 13.8. The monoisotopic (exact) mass is 418 g/mol. The van der Waals surface area contributed by atoms with Crippen molar-refractivity contribution in [3.05, 3.63) is 53.9 Å². The molecule has 0 spiro atoms. The first-order valence-electron chi connectivity index (χ1n) is 9.04. The molecular weight excluding hydrogens is 399 g/mol. The van der Waals surface area contributed by atoms with Gasteiger partial charge in [-0.2, -0.15) is 4.31 Å². The van der Waals surface area contributed by atoms with Crippen molar-refractivity contribution >= 4 is 27.0 Å². The normalized spacial score (nSPS) is 16.9. The van der Waals surface area contributed by atoms with E-state index in [1.54, 1.807) is 10.8 Å². The number of carboxylic acids is 1. The van der Waals surface area contributed by atoms with Gasteiger partial charge >= 0.3 is 5.97 Å². The Bertz CT molecular complexity index is 1190. The van der Waals surface area contributed by atoms with E-state index in [4.69, 9.17) is 0 Å². The SMILES string of the molecule is CN(C1CCc2c(c3ncncc3n2CC(=O)O)C1)S(=O)(=O)c1ccc(F)cc1. The standard InChI is InChI=1S/C19H19FN4O4S/c1-23(29(27,28)14-5-2-12(20)3-6-14)13-4-7-16-15(8-13)19-17(9-21-11-22-19)24(16)10-18(25)26/h2-3,5-6,9,11,13H,4,7-8,10H2,1H3,(H,25,26). The molecule has 0 aliphatic heterocycles. The number of benzene rings is 1. The predicted molar refractivity (Wildman–Crippen MR) is 102 cm³/mol. The van der Waals surface area contributed by atoms with Crippen LogP contribution in [0, 0.1) is 5.82 Å². The summed E-state index contributed by atoms with van der Waals surface area (Å²) in [5.74, 6) is -1.47. The number of sulfonamides is 1. The first-order valence-corrected chi connectivity index (χ1v) is 10.5. The fourth-order valence-electron chi connectivity index (χ4n) is 3.93. The van der Waals surface area contributed by atoms with E-state index in [1.807, 2.05) is 0 Å². The minimum Gasteiger partial charge on any atom is -0.480 e. The van der Waals surface area contributed by atoms with Gasteiger partial charge in [-0.25, -0.2) is 22.8 Å². The highest BCUT2D eigenvalue weighted by Gasteiger charge is 2.34. The summed E-state index contributed by atoms with van der Waals surface area (Å²) in [6.07, 6.45) is 4.44. The van der Waals surface area contributed by atoms with Crippen LogP contribution < -0.4 is 0 Å². The number of hydrogen-bond acceptors (Lipinski definition) is 5. The molecule has 1 aliphatic carbocycles. The highest BCUT2D eigenvalue weighted by atomic mass is 32.2. The van der Waals surface area contributed by atoms with Crippen LogP contribution in [0.5, 0.6) is 0 Å². The lowest BCUT2D eigenvalue weighted by atomic mass is 9.92. The molecule has 0 fully saturated rings. The number of fused-ring (bicyclic) bond motifs is 3. The van der Waals surface area contributed by atoms with E-state index in [2.05, 4.69) is 9.97 Å². The Morgan fingerprint density at radius 1 is 1.34 bits per heavy atom. The first kappa shape index (κ1) is 19.5. The average Bonchev–Trinajstić information content (AvgIpc) is 3.00. The molecule has 3 aromatic rings. The number of hydrogen-bond donors (Lipinski definition) is 1. The van der Waals surface area contributed by atoms with Crippen molar-refractivity contribution in [1.82, 2.24) is 18.8 Å². The van der Waals surface area contributed by atoms with Gasteiger partial charge in [-0.1, -0.05) is 0 Å². The zero-order valence-corrected chi connectivity index (χ0v) is 16.4. The van der Waals surface area contributed by atoms with Crippen LogP contribution >= 0.6 is 0 Å². The summed E-state index contributed by atoms with van der Waals surface area (Å²) in [6, 6.07) is 4.42. The van der Waals surface area contributed by atoms with Crippen LogP contribution in [-0.4, -0.2) is 51.4 Å². The summed E-state index contributed by atoms with van der Waals surface area (Å²) in [7, 11) is -2.28. The zero-order chi connectivity index (χ0) is 20.8. The third kappa shape index (κ3) is 3.38. The van der Waals surface area contributed by atoms with Crippen LogP contribution in [0.1, 0.15) is 17.7 Å². The van der Waals surface area contributed by atoms with Crippen LogP contribution in [0.4, 0.5) is 4.39 Å². The van der Waals surface area contributed by atoms with Crippen molar-refractivity contribution in [2.45, 2.75) is 36.7 Å². The number of carboxylic acid groups (broad SMARTS) is 1.